The van der Waals surface area contributed by atoms with Crippen molar-refractivity contribution in [3.63, 3.8) is 0 Å². The smallest absolute Gasteiger partial charge is 0.310 e. The first-order valence-corrected chi connectivity index (χ1v) is 3.50. The quantitative estimate of drug-likeness (QED) is 0.571. The monoisotopic (exact) mass is 175 g/mol. The Hall–Kier alpha value is -1.10. The zero-order chi connectivity index (χ0) is 9.56. The third-order valence-electron chi connectivity index (χ3n) is 1.46. The molecule has 0 aromatic carbocycles. The fraction of sp³-hybridized carbons (Fsp3) is 0.714. The summed E-state index contributed by atoms with van der Waals surface area (Å²) in [5, 5.41) is 0. The van der Waals surface area contributed by atoms with Crippen molar-refractivity contribution in [2.45, 2.75) is 6.42 Å². The van der Waals surface area contributed by atoms with Crippen molar-refractivity contribution >= 4 is 11.9 Å². The largest absolute Gasteiger partial charge is 0.469 e. The van der Waals surface area contributed by atoms with Gasteiger partial charge < -0.3 is 15.2 Å². The Kier molecular flexibility index (Phi) is 5.03. The van der Waals surface area contributed by atoms with Crippen molar-refractivity contribution in [3.8, 4) is 0 Å². The SMILES string of the molecule is COC(=O)C[C@@H](CN)C(=O)OC. The molecule has 0 aliphatic heterocycles. The van der Waals surface area contributed by atoms with Gasteiger partial charge in [-0.1, -0.05) is 0 Å². The standard InChI is InChI=1S/C7H13NO4/c1-11-6(9)3-5(4-8)7(10)12-2/h5H,3-4,8H2,1-2H3/t5-/m0/s1. The molecule has 5 heteroatoms. The molecule has 0 unspecified atom stereocenters. The van der Waals surface area contributed by atoms with Crippen molar-refractivity contribution < 1.29 is 19.1 Å². The first-order valence-electron chi connectivity index (χ1n) is 3.50. The second-order valence-electron chi connectivity index (χ2n) is 2.24. The molecule has 0 aromatic rings. The molecule has 0 radical (unpaired) electrons. The number of esters is 2. The molecular weight excluding hydrogens is 162 g/mol. The van der Waals surface area contributed by atoms with Crippen LogP contribution in [0, 0.1) is 5.92 Å². The highest BCUT2D eigenvalue weighted by atomic mass is 16.5. The average Bonchev–Trinajstić information content (AvgIpc) is 2.12. The van der Waals surface area contributed by atoms with Gasteiger partial charge in [0.2, 0.25) is 0 Å². The van der Waals surface area contributed by atoms with E-state index < -0.39 is 17.9 Å². The summed E-state index contributed by atoms with van der Waals surface area (Å²) in [5.41, 5.74) is 5.24. The third-order valence-corrected chi connectivity index (χ3v) is 1.46. The normalized spacial score (nSPS) is 11.9. The second kappa shape index (κ2) is 5.54. The number of rotatable bonds is 4. The lowest BCUT2D eigenvalue weighted by Crippen LogP contribution is -2.27. The second-order valence-corrected chi connectivity index (χ2v) is 2.24. The van der Waals surface area contributed by atoms with Crippen LogP contribution >= 0.6 is 0 Å². The minimum absolute atomic E-state index is 0.0281. The van der Waals surface area contributed by atoms with Gasteiger partial charge in [0, 0.05) is 6.54 Å². The molecule has 2 N–H and O–H groups in total. The van der Waals surface area contributed by atoms with Crippen LogP contribution in [0.3, 0.4) is 0 Å². The molecule has 0 spiro atoms. The van der Waals surface area contributed by atoms with Crippen molar-refractivity contribution in [2.24, 2.45) is 11.7 Å². The maximum atomic E-state index is 10.9. The number of nitrogens with two attached hydrogens (primary N) is 1. The number of methoxy groups -OCH3 is 2. The van der Waals surface area contributed by atoms with E-state index in [4.69, 9.17) is 5.73 Å². The highest BCUT2D eigenvalue weighted by molar-refractivity contribution is 5.79. The van der Waals surface area contributed by atoms with E-state index in [0.717, 1.165) is 0 Å². The lowest BCUT2D eigenvalue weighted by molar-refractivity contribution is -0.151. The van der Waals surface area contributed by atoms with E-state index in [2.05, 4.69) is 9.47 Å². The zero-order valence-corrected chi connectivity index (χ0v) is 7.20. The summed E-state index contributed by atoms with van der Waals surface area (Å²) < 4.78 is 8.80. The number of hydrogen-bond donors (Lipinski definition) is 1. The van der Waals surface area contributed by atoms with Crippen molar-refractivity contribution in [1.29, 1.82) is 0 Å². The zero-order valence-electron chi connectivity index (χ0n) is 7.20. The van der Waals surface area contributed by atoms with E-state index in [1.165, 1.54) is 14.2 Å². The van der Waals surface area contributed by atoms with E-state index in [0.29, 0.717) is 0 Å². The van der Waals surface area contributed by atoms with Crippen LogP contribution in [0.15, 0.2) is 0 Å². The Labute approximate surface area is 70.8 Å². The van der Waals surface area contributed by atoms with Gasteiger partial charge in [-0.15, -0.1) is 0 Å². The van der Waals surface area contributed by atoms with Crippen molar-refractivity contribution in [3.05, 3.63) is 0 Å². The van der Waals surface area contributed by atoms with E-state index in [9.17, 15) is 9.59 Å². The van der Waals surface area contributed by atoms with Gasteiger partial charge >= 0.3 is 11.9 Å². The fourth-order valence-electron chi connectivity index (χ4n) is 0.714. The number of ether oxygens (including phenoxy) is 2. The summed E-state index contributed by atoms with van der Waals surface area (Å²) in [4.78, 5) is 21.6. The Morgan fingerprint density at radius 3 is 2.25 bits per heavy atom. The summed E-state index contributed by atoms with van der Waals surface area (Å²) in [5.74, 6) is -1.54. The van der Waals surface area contributed by atoms with Gasteiger partial charge in [0.05, 0.1) is 26.6 Å². The van der Waals surface area contributed by atoms with E-state index in [1.807, 2.05) is 0 Å². The van der Waals surface area contributed by atoms with Crippen LogP contribution in [0.5, 0.6) is 0 Å². The topological polar surface area (TPSA) is 78.6 Å². The van der Waals surface area contributed by atoms with Gasteiger partial charge in [-0.05, 0) is 0 Å². The maximum absolute atomic E-state index is 10.9. The van der Waals surface area contributed by atoms with Crippen LogP contribution in [-0.2, 0) is 19.1 Å². The van der Waals surface area contributed by atoms with Crippen LogP contribution in [0.4, 0.5) is 0 Å². The molecule has 0 aromatic heterocycles. The summed E-state index contributed by atoms with van der Waals surface area (Å²) in [6.07, 6.45) is -0.0281. The molecule has 0 rings (SSSR count). The molecule has 0 saturated heterocycles. The van der Waals surface area contributed by atoms with Gasteiger partial charge in [-0.25, -0.2) is 0 Å². The highest BCUT2D eigenvalue weighted by Gasteiger charge is 2.21. The molecular formula is C7H13NO4. The Bertz CT molecular complexity index is 169. The molecule has 0 saturated carbocycles. The summed E-state index contributed by atoms with van der Waals surface area (Å²) in [6, 6.07) is 0. The highest BCUT2D eigenvalue weighted by Crippen LogP contribution is 2.04. The van der Waals surface area contributed by atoms with Gasteiger partial charge in [0.25, 0.3) is 0 Å². The lowest BCUT2D eigenvalue weighted by atomic mass is 10.1. The van der Waals surface area contributed by atoms with Crippen LogP contribution in [0.2, 0.25) is 0 Å². The summed E-state index contributed by atoms with van der Waals surface area (Å²) in [6.45, 7) is 0.0851. The first-order chi connectivity index (χ1) is 5.65. The van der Waals surface area contributed by atoms with E-state index in [1.54, 1.807) is 0 Å². The van der Waals surface area contributed by atoms with Gasteiger partial charge in [-0.3, -0.25) is 9.59 Å². The number of carbonyl (C=O) groups excluding carboxylic acids is 2. The fourth-order valence-corrected chi connectivity index (χ4v) is 0.714. The molecule has 70 valence electrons. The van der Waals surface area contributed by atoms with E-state index in [-0.39, 0.29) is 13.0 Å². The minimum atomic E-state index is -0.595. The molecule has 12 heavy (non-hydrogen) atoms. The Morgan fingerprint density at radius 2 is 1.92 bits per heavy atom. The van der Waals surface area contributed by atoms with Gasteiger partial charge in [-0.2, -0.15) is 0 Å². The molecule has 0 aliphatic carbocycles. The van der Waals surface area contributed by atoms with Crippen LogP contribution in [0.25, 0.3) is 0 Å². The molecule has 0 heterocycles. The van der Waals surface area contributed by atoms with Crippen molar-refractivity contribution in [1.82, 2.24) is 0 Å². The molecule has 5 nitrogen and oxygen atoms in total. The molecule has 0 bridgehead atoms. The van der Waals surface area contributed by atoms with Crippen LogP contribution < -0.4 is 5.73 Å². The Balaban J connectivity index is 3.99. The van der Waals surface area contributed by atoms with Gasteiger partial charge in [0.1, 0.15) is 0 Å². The molecule has 0 amide bonds. The predicted molar refractivity (Wildman–Crippen MR) is 41.2 cm³/mol. The number of carbonyl (C=O) groups is 2. The average molecular weight is 175 g/mol. The van der Waals surface area contributed by atoms with Crippen LogP contribution in [-0.4, -0.2) is 32.7 Å². The molecule has 0 fully saturated rings. The number of hydrogen-bond acceptors (Lipinski definition) is 5. The summed E-state index contributed by atoms with van der Waals surface area (Å²) in [7, 11) is 2.51. The Morgan fingerprint density at radius 1 is 1.33 bits per heavy atom. The third kappa shape index (κ3) is 3.34. The predicted octanol–water partition coefficient (Wildman–Crippen LogP) is -0.703. The molecule has 0 aliphatic rings. The lowest BCUT2D eigenvalue weighted by Gasteiger charge is -2.09. The van der Waals surface area contributed by atoms with E-state index >= 15 is 0 Å². The van der Waals surface area contributed by atoms with Gasteiger partial charge in [0.15, 0.2) is 0 Å². The summed E-state index contributed by atoms with van der Waals surface area (Å²) >= 11 is 0. The van der Waals surface area contributed by atoms with Crippen molar-refractivity contribution in [2.75, 3.05) is 20.8 Å². The van der Waals surface area contributed by atoms with Crippen LogP contribution in [0.1, 0.15) is 6.42 Å². The maximum Gasteiger partial charge on any atom is 0.310 e. The first kappa shape index (κ1) is 10.9. The minimum Gasteiger partial charge on any atom is -0.469 e. The molecule has 1 atom stereocenters.